The summed E-state index contributed by atoms with van der Waals surface area (Å²) < 4.78 is 4.05. The van der Waals surface area contributed by atoms with Gasteiger partial charge in [-0.15, -0.1) is 10.2 Å². The lowest BCUT2D eigenvalue weighted by molar-refractivity contribution is 0.789. The Labute approximate surface area is 123 Å². The van der Waals surface area contributed by atoms with Gasteiger partial charge in [0, 0.05) is 16.0 Å². The number of halogens is 2. The van der Waals surface area contributed by atoms with Crippen LogP contribution in [0.2, 0.25) is 0 Å². The molecule has 1 heterocycles. The van der Waals surface area contributed by atoms with Crippen molar-refractivity contribution in [1.82, 2.24) is 14.8 Å². The molecule has 96 valence electrons. The average Bonchev–Trinajstić information content (AvgIpc) is 2.59. The van der Waals surface area contributed by atoms with Gasteiger partial charge in [-0.3, -0.25) is 0 Å². The third kappa shape index (κ3) is 2.75. The van der Waals surface area contributed by atoms with Gasteiger partial charge in [0.25, 0.3) is 0 Å². The summed E-state index contributed by atoms with van der Waals surface area (Å²) >= 11 is 7.12. The summed E-state index contributed by atoms with van der Waals surface area (Å²) in [5.74, 6) is 1.82. The fraction of sp³-hybridized carbons (Fsp3) is 0.333. The number of aryl methyl sites for hydroxylation is 2. The molecule has 0 radical (unpaired) electrons. The summed E-state index contributed by atoms with van der Waals surface area (Å²) in [5.41, 5.74) is 2.23. The highest BCUT2D eigenvalue weighted by Gasteiger charge is 2.09. The van der Waals surface area contributed by atoms with Crippen LogP contribution in [0.4, 0.5) is 5.69 Å². The van der Waals surface area contributed by atoms with E-state index in [1.54, 1.807) is 0 Å². The Morgan fingerprint density at radius 3 is 2.28 bits per heavy atom. The number of nitrogens with one attached hydrogen (secondary N) is 1. The smallest absolute Gasteiger partial charge is 0.152 e. The van der Waals surface area contributed by atoms with Gasteiger partial charge in [-0.1, -0.05) is 0 Å². The Hall–Kier alpha value is -0.880. The van der Waals surface area contributed by atoms with Crippen molar-refractivity contribution in [3.8, 4) is 0 Å². The molecule has 0 aliphatic rings. The molecular weight excluding hydrogens is 360 g/mol. The van der Waals surface area contributed by atoms with Crippen LogP contribution in [-0.2, 0) is 13.6 Å². The Kier molecular flexibility index (Phi) is 4.07. The number of hydrogen-bond donors (Lipinski definition) is 1. The molecule has 6 heteroatoms. The van der Waals surface area contributed by atoms with E-state index in [1.807, 2.05) is 18.5 Å². The highest BCUT2D eigenvalue weighted by molar-refractivity contribution is 9.11. The van der Waals surface area contributed by atoms with Gasteiger partial charge in [-0.05, 0) is 63.4 Å². The third-order valence-electron chi connectivity index (χ3n) is 2.79. The minimum absolute atomic E-state index is 0.637. The molecule has 0 saturated carbocycles. The van der Waals surface area contributed by atoms with E-state index in [4.69, 9.17) is 0 Å². The van der Waals surface area contributed by atoms with Gasteiger partial charge >= 0.3 is 0 Å². The SMILES string of the molecule is Cc1cc(Br)c(NCc2nnc(C)n2C)c(Br)c1. The van der Waals surface area contributed by atoms with E-state index < -0.39 is 0 Å². The molecule has 0 aliphatic carbocycles. The Morgan fingerprint density at radius 2 is 1.78 bits per heavy atom. The first-order chi connectivity index (χ1) is 8.49. The molecule has 4 nitrogen and oxygen atoms in total. The number of rotatable bonds is 3. The second kappa shape index (κ2) is 5.40. The van der Waals surface area contributed by atoms with Gasteiger partial charge in [0.2, 0.25) is 0 Å². The van der Waals surface area contributed by atoms with Crippen molar-refractivity contribution < 1.29 is 0 Å². The largest absolute Gasteiger partial charge is 0.376 e. The van der Waals surface area contributed by atoms with Crippen LogP contribution in [0.15, 0.2) is 21.1 Å². The fourth-order valence-electron chi connectivity index (χ4n) is 1.64. The zero-order valence-corrected chi connectivity index (χ0v) is 13.6. The monoisotopic (exact) mass is 372 g/mol. The fourth-order valence-corrected chi connectivity index (χ4v) is 3.34. The van der Waals surface area contributed by atoms with E-state index >= 15 is 0 Å². The first kappa shape index (κ1) is 13.5. The molecule has 0 spiro atoms. The second-order valence-corrected chi connectivity index (χ2v) is 5.89. The van der Waals surface area contributed by atoms with Crippen molar-refractivity contribution in [1.29, 1.82) is 0 Å². The summed E-state index contributed by atoms with van der Waals surface area (Å²) in [6.07, 6.45) is 0. The van der Waals surface area contributed by atoms with Gasteiger partial charge in [-0.2, -0.15) is 0 Å². The topological polar surface area (TPSA) is 42.7 Å². The second-order valence-electron chi connectivity index (χ2n) is 4.18. The van der Waals surface area contributed by atoms with Gasteiger partial charge in [0.1, 0.15) is 5.82 Å². The van der Waals surface area contributed by atoms with E-state index in [1.165, 1.54) is 5.56 Å². The molecule has 2 rings (SSSR count). The molecule has 0 saturated heterocycles. The molecular formula is C12H14Br2N4. The first-order valence-electron chi connectivity index (χ1n) is 5.53. The first-order valence-corrected chi connectivity index (χ1v) is 7.12. The van der Waals surface area contributed by atoms with Crippen molar-refractivity contribution in [3.05, 3.63) is 38.3 Å². The summed E-state index contributed by atoms with van der Waals surface area (Å²) in [5, 5.41) is 11.5. The molecule has 0 bridgehead atoms. The predicted molar refractivity (Wildman–Crippen MR) is 79.6 cm³/mol. The minimum Gasteiger partial charge on any atom is -0.376 e. The van der Waals surface area contributed by atoms with Crippen LogP contribution in [-0.4, -0.2) is 14.8 Å². The molecule has 1 N–H and O–H groups in total. The maximum atomic E-state index is 4.13. The van der Waals surface area contributed by atoms with Crippen molar-refractivity contribution >= 4 is 37.5 Å². The lowest BCUT2D eigenvalue weighted by Crippen LogP contribution is -2.07. The number of benzene rings is 1. The average molecular weight is 374 g/mol. The molecule has 0 fully saturated rings. The highest BCUT2D eigenvalue weighted by Crippen LogP contribution is 2.32. The minimum atomic E-state index is 0.637. The maximum Gasteiger partial charge on any atom is 0.152 e. The molecule has 0 atom stereocenters. The molecule has 1 aromatic carbocycles. The summed E-state index contributed by atoms with van der Waals surface area (Å²) in [7, 11) is 1.96. The molecule has 0 amide bonds. The lowest BCUT2D eigenvalue weighted by atomic mass is 10.2. The standard InChI is InChI=1S/C12H14Br2N4/c1-7-4-9(13)12(10(14)5-7)15-6-11-17-16-8(2)18(11)3/h4-5,15H,6H2,1-3H3. The number of hydrogen-bond acceptors (Lipinski definition) is 3. The van der Waals surface area contributed by atoms with Crippen molar-refractivity contribution in [2.45, 2.75) is 20.4 Å². The van der Waals surface area contributed by atoms with Crippen LogP contribution < -0.4 is 5.32 Å². The van der Waals surface area contributed by atoms with Crippen LogP contribution in [0.1, 0.15) is 17.2 Å². The molecule has 2 aromatic rings. The van der Waals surface area contributed by atoms with Gasteiger partial charge in [-0.25, -0.2) is 0 Å². The molecule has 1 aromatic heterocycles. The van der Waals surface area contributed by atoms with Crippen LogP contribution in [0, 0.1) is 13.8 Å². The third-order valence-corrected chi connectivity index (χ3v) is 4.04. The van der Waals surface area contributed by atoms with Crippen LogP contribution in [0.5, 0.6) is 0 Å². The van der Waals surface area contributed by atoms with Gasteiger partial charge in [0.15, 0.2) is 5.82 Å². The zero-order valence-electron chi connectivity index (χ0n) is 10.5. The number of anilines is 1. The van der Waals surface area contributed by atoms with E-state index in [2.05, 4.69) is 66.4 Å². The maximum absolute atomic E-state index is 4.13. The van der Waals surface area contributed by atoms with E-state index in [0.717, 1.165) is 26.3 Å². The van der Waals surface area contributed by atoms with Crippen LogP contribution in [0.25, 0.3) is 0 Å². The Balaban J connectivity index is 2.18. The van der Waals surface area contributed by atoms with Crippen LogP contribution in [0.3, 0.4) is 0 Å². The summed E-state index contributed by atoms with van der Waals surface area (Å²) in [6, 6.07) is 4.16. The van der Waals surface area contributed by atoms with Crippen molar-refractivity contribution in [3.63, 3.8) is 0 Å². The predicted octanol–water partition coefficient (Wildman–Crippen LogP) is 3.57. The summed E-state index contributed by atoms with van der Waals surface area (Å²) in [6.45, 7) is 4.64. The molecule has 0 aliphatic heterocycles. The lowest BCUT2D eigenvalue weighted by Gasteiger charge is -2.11. The highest BCUT2D eigenvalue weighted by atomic mass is 79.9. The van der Waals surface area contributed by atoms with Crippen LogP contribution >= 0.6 is 31.9 Å². The van der Waals surface area contributed by atoms with Gasteiger partial charge < -0.3 is 9.88 Å². The molecule has 0 unspecified atom stereocenters. The van der Waals surface area contributed by atoms with E-state index in [0.29, 0.717) is 6.54 Å². The summed E-state index contributed by atoms with van der Waals surface area (Å²) in [4.78, 5) is 0. The normalized spacial score (nSPS) is 10.7. The van der Waals surface area contributed by atoms with E-state index in [9.17, 15) is 0 Å². The number of nitrogens with zero attached hydrogens (tertiary/aromatic N) is 3. The zero-order chi connectivity index (χ0) is 13.3. The number of aromatic nitrogens is 3. The molecule has 18 heavy (non-hydrogen) atoms. The quantitative estimate of drug-likeness (QED) is 0.894. The van der Waals surface area contributed by atoms with E-state index in [-0.39, 0.29) is 0 Å². The Bertz CT molecular complexity index is 554. The van der Waals surface area contributed by atoms with Crippen molar-refractivity contribution in [2.75, 3.05) is 5.32 Å². The van der Waals surface area contributed by atoms with Crippen molar-refractivity contribution in [2.24, 2.45) is 7.05 Å². The van der Waals surface area contributed by atoms with Gasteiger partial charge in [0.05, 0.1) is 12.2 Å². The Morgan fingerprint density at radius 1 is 1.17 bits per heavy atom.